The lowest BCUT2D eigenvalue weighted by molar-refractivity contribution is 0.411. The van der Waals surface area contributed by atoms with Gasteiger partial charge in [0.1, 0.15) is 11.6 Å². The maximum atomic E-state index is 7.44. The normalized spacial score (nSPS) is 13.9. The molecule has 1 aromatic carbocycles. The molecule has 0 atom stereocenters. The van der Waals surface area contributed by atoms with Crippen molar-refractivity contribution in [3.05, 3.63) is 23.8 Å². The Bertz CT molecular complexity index is 333. The molecule has 2 N–H and O–H groups in total. The van der Waals surface area contributed by atoms with Crippen molar-refractivity contribution in [2.24, 2.45) is 0 Å². The fourth-order valence-corrected chi connectivity index (χ4v) is 1.44. The maximum absolute atomic E-state index is 7.44. The first-order valence-corrected chi connectivity index (χ1v) is 3.81. The van der Waals surface area contributed by atoms with Crippen molar-refractivity contribution in [1.29, 1.82) is 5.41 Å². The van der Waals surface area contributed by atoms with Gasteiger partial charge in [0.15, 0.2) is 0 Å². The number of benzene rings is 1. The molecule has 62 valence electrons. The highest BCUT2D eigenvalue weighted by molar-refractivity contribution is 6.01. The molecular weight excluding hydrogens is 152 g/mol. The summed E-state index contributed by atoms with van der Waals surface area (Å²) in [5.41, 5.74) is 2.09. The van der Waals surface area contributed by atoms with Gasteiger partial charge in [-0.25, -0.2) is 0 Å². The zero-order valence-electron chi connectivity index (χ0n) is 6.85. The minimum Gasteiger partial charge on any atom is -0.496 e. The highest BCUT2D eigenvalue weighted by Crippen LogP contribution is 2.30. The first kappa shape index (κ1) is 7.16. The van der Waals surface area contributed by atoms with Crippen molar-refractivity contribution >= 4 is 11.5 Å². The first-order valence-electron chi connectivity index (χ1n) is 3.81. The molecule has 2 rings (SSSR count). The van der Waals surface area contributed by atoms with E-state index in [1.807, 2.05) is 18.2 Å². The summed E-state index contributed by atoms with van der Waals surface area (Å²) in [6.45, 7) is 0. The van der Waals surface area contributed by atoms with Crippen LogP contribution in [0, 0.1) is 5.41 Å². The molecule has 12 heavy (non-hydrogen) atoms. The van der Waals surface area contributed by atoms with E-state index in [-0.39, 0.29) is 0 Å². The predicted octanol–water partition coefficient (Wildman–Crippen LogP) is 1.64. The van der Waals surface area contributed by atoms with Crippen LogP contribution >= 0.6 is 0 Å². The summed E-state index contributed by atoms with van der Waals surface area (Å²) in [6, 6.07) is 5.79. The summed E-state index contributed by atoms with van der Waals surface area (Å²) in [7, 11) is 1.65. The Hall–Kier alpha value is -1.51. The van der Waals surface area contributed by atoms with Crippen LogP contribution in [0.3, 0.4) is 0 Å². The topological polar surface area (TPSA) is 45.1 Å². The van der Waals surface area contributed by atoms with Gasteiger partial charge in [-0.15, -0.1) is 0 Å². The number of ether oxygens (including phenoxy) is 1. The van der Waals surface area contributed by atoms with Crippen LogP contribution in [0.25, 0.3) is 0 Å². The molecular formula is C9H10N2O. The van der Waals surface area contributed by atoms with Crippen molar-refractivity contribution in [3.63, 3.8) is 0 Å². The van der Waals surface area contributed by atoms with Crippen LogP contribution in [0.4, 0.5) is 5.69 Å². The lowest BCUT2D eigenvalue weighted by atomic mass is 10.1. The lowest BCUT2D eigenvalue weighted by Gasteiger charge is -2.04. The van der Waals surface area contributed by atoms with Gasteiger partial charge in [0.05, 0.1) is 7.11 Å². The van der Waals surface area contributed by atoms with E-state index in [9.17, 15) is 0 Å². The average molecular weight is 162 g/mol. The Kier molecular flexibility index (Phi) is 1.50. The zero-order valence-corrected chi connectivity index (χ0v) is 6.85. The first-order chi connectivity index (χ1) is 5.81. The fourth-order valence-electron chi connectivity index (χ4n) is 1.44. The Labute approximate surface area is 70.9 Å². The van der Waals surface area contributed by atoms with Crippen LogP contribution in [-0.4, -0.2) is 12.9 Å². The van der Waals surface area contributed by atoms with Crippen molar-refractivity contribution in [2.75, 3.05) is 12.4 Å². The minimum absolute atomic E-state index is 0.537. The molecule has 0 bridgehead atoms. The van der Waals surface area contributed by atoms with E-state index in [1.54, 1.807) is 7.11 Å². The Morgan fingerprint density at radius 2 is 2.33 bits per heavy atom. The quantitative estimate of drug-likeness (QED) is 0.659. The van der Waals surface area contributed by atoms with E-state index >= 15 is 0 Å². The molecule has 0 saturated carbocycles. The van der Waals surface area contributed by atoms with E-state index in [1.165, 1.54) is 0 Å². The number of fused-ring (bicyclic) bond motifs is 1. The summed E-state index contributed by atoms with van der Waals surface area (Å²) >= 11 is 0. The molecule has 0 fully saturated rings. The second-order valence-corrected chi connectivity index (χ2v) is 2.77. The second-order valence-electron chi connectivity index (χ2n) is 2.77. The molecule has 0 unspecified atom stereocenters. The van der Waals surface area contributed by atoms with Crippen LogP contribution in [0.5, 0.6) is 5.75 Å². The van der Waals surface area contributed by atoms with Gasteiger partial charge in [-0.3, -0.25) is 5.41 Å². The predicted molar refractivity (Wildman–Crippen MR) is 48.0 cm³/mol. The third kappa shape index (κ3) is 0.942. The highest BCUT2D eigenvalue weighted by Gasteiger charge is 2.17. The molecule has 1 aliphatic rings. The third-order valence-corrected chi connectivity index (χ3v) is 1.99. The van der Waals surface area contributed by atoms with Gasteiger partial charge in [0.25, 0.3) is 0 Å². The maximum Gasteiger partial charge on any atom is 0.124 e. The fraction of sp³-hybridized carbons (Fsp3) is 0.222. The van der Waals surface area contributed by atoms with Gasteiger partial charge in [0.2, 0.25) is 0 Å². The second kappa shape index (κ2) is 2.52. The molecule has 3 heteroatoms. The SMILES string of the molecule is COc1cccc2c1CC(=N)N2. The molecule has 1 aliphatic heterocycles. The van der Waals surface area contributed by atoms with Gasteiger partial charge >= 0.3 is 0 Å². The van der Waals surface area contributed by atoms with Crippen molar-refractivity contribution < 1.29 is 4.74 Å². The summed E-state index contributed by atoms with van der Waals surface area (Å²) in [5, 5.41) is 10.4. The lowest BCUT2D eigenvalue weighted by Crippen LogP contribution is -2.02. The van der Waals surface area contributed by atoms with Crippen LogP contribution in [0.1, 0.15) is 5.56 Å². The number of anilines is 1. The number of rotatable bonds is 1. The van der Waals surface area contributed by atoms with Gasteiger partial charge in [-0.05, 0) is 12.1 Å². The number of methoxy groups -OCH3 is 1. The van der Waals surface area contributed by atoms with Crippen LogP contribution in [0.2, 0.25) is 0 Å². The number of hydrogen-bond donors (Lipinski definition) is 2. The summed E-state index contributed by atoms with van der Waals surface area (Å²) in [5.74, 6) is 1.40. The molecule has 0 spiro atoms. The Balaban J connectivity index is 2.51. The van der Waals surface area contributed by atoms with Crippen molar-refractivity contribution in [1.82, 2.24) is 0 Å². The van der Waals surface area contributed by atoms with E-state index in [0.717, 1.165) is 17.0 Å². The Morgan fingerprint density at radius 3 is 3.08 bits per heavy atom. The average Bonchev–Trinajstić information content (AvgIpc) is 2.44. The number of nitrogens with one attached hydrogen (secondary N) is 2. The molecule has 0 amide bonds. The van der Waals surface area contributed by atoms with E-state index in [0.29, 0.717) is 12.3 Å². The van der Waals surface area contributed by atoms with Gasteiger partial charge in [-0.2, -0.15) is 0 Å². The van der Waals surface area contributed by atoms with Gasteiger partial charge in [-0.1, -0.05) is 6.07 Å². The highest BCUT2D eigenvalue weighted by atomic mass is 16.5. The van der Waals surface area contributed by atoms with E-state index in [4.69, 9.17) is 10.1 Å². The van der Waals surface area contributed by atoms with Gasteiger partial charge in [0, 0.05) is 17.7 Å². The van der Waals surface area contributed by atoms with E-state index < -0.39 is 0 Å². The molecule has 1 aromatic rings. The molecule has 1 heterocycles. The molecule has 0 aliphatic carbocycles. The largest absolute Gasteiger partial charge is 0.496 e. The summed E-state index contributed by atoms with van der Waals surface area (Å²) < 4.78 is 5.17. The monoisotopic (exact) mass is 162 g/mol. The van der Waals surface area contributed by atoms with Crippen molar-refractivity contribution in [3.8, 4) is 5.75 Å². The third-order valence-electron chi connectivity index (χ3n) is 1.99. The summed E-state index contributed by atoms with van der Waals surface area (Å²) in [4.78, 5) is 0. The van der Waals surface area contributed by atoms with Crippen molar-refractivity contribution in [2.45, 2.75) is 6.42 Å². The zero-order chi connectivity index (χ0) is 8.55. The smallest absolute Gasteiger partial charge is 0.124 e. The number of hydrogen-bond acceptors (Lipinski definition) is 2. The molecule has 0 radical (unpaired) electrons. The van der Waals surface area contributed by atoms with Crippen LogP contribution in [0.15, 0.2) is 18.2 Å². The summed E-state index contributed by atoms with van der Waals surface area (Å²) in [6.07, 6.45) is 0.652. The molecule has 0 aromatic heterocycles. The van der Waals surface area contributed by atoms with Crippen LogP contribution in [-0.2, 0) is 6.42 Å². The van der Waals surface area contributed by atoms with Gasteiger partial charge < -0.3 is 10.1 Å². The number of amidine groups is 1. The molecule has 3 nitrogen and oxygen atoms in total. The van der Waals surface area contributed by atoms with Crippen LogP contribution < -0.4 is 10.1 Å². The Morgan fingerprint density at radius 1 is 1.50 bits per heavy atom. The minimum atomic E-state index is 0.537. The standard InChI is InChI=1S/C9H10N2O/c1-12-8-4-2-3-7-6(8)5-9(10)11-7/h2-4H,5H2,1H3,(H2,10,11). The molecule has 0 saturated heterocycles. The van der Waals surface area contributed by atoms with E-state index in [2.05, 4.69) is 5.32 Å².